The zero-order valence-corrected chi connectivity index (χ0v) is 17.6. The Morgan fingerprint density at radius 3 is 2.68 bits per heavy atom. The van der Waals surface area contributed by atoms with Gasteiger partial charge in [-0.3, -0.25) is 14.4 Å². The van der Waals surface area contributed by atoms with E-state index in [1.807, 2.05) is 4.90 Å². The Balaban J connectivity index is 1.30. The number of carbonyl (C=O) groups excluding carboxylic acids is 3. The monoisotopic (exact) mass is 442 g/mol. The standard InChI is InChI=1S/C22H23ClN4O4/c23-18-11-16(6-7-19(18)27-9-8-24-20(28)12-27)25-21(29)13-31-17-3-1-2-15(10-17)26-22(30)14-4-5-14/h1-3,6-7,10-11,14H,4-5,8-9,12-13H2,(H,24,28)(H,25,29)(H,26,30). The molecule has 2 aliphatic rings. The molecule has 3 N–H and O–H groups in total. The minimum Gasteiger partial charge on any atom is -0.484 e. The SMILES string of the molecule is O=C1CN(c2ccc(NC(=O)COc3cccc(NC(=O)C4CC4)c3)cc2Cl)CCN1. The molecule has 1 aliphatic carbocycles. The topological polar surface area (TPSA) is 99.8 Å². The van der Waals surface area contributed by atoms with Crippen LogP contribution in [0.15, 0.2) is 42.5 Å². The van der Waals surface area contributed by atoms with E-state index in [1.165, 1.54) is 0 Å². The van der Waals surface area contributed by atoms with Crippen molar-refractivity contribution < 1.29 is 19.1 Å². The van der Waals surface area contributed by atoms with E-state index in [-0.39, 0.29) is 36.8 Å². The summed E-state index contributed by atoms with van der Waals surface area (Å²) in [4.78, 5) is 37.6. The van der Waals surface area contributed by atoms with Crippen LogP contribution in [-0.4, -0.2) is 44.0 Å². The zero-order chi connectivity index (χ0) is 21.8. The van der Waals surface area contributed by atoms with Crippen molar-refractivity contribution in [3.05, 3.63) is 47.5 Å². The predicted octanol–water partition coefficient (Wildman–Crippen LogP) is 2.64. The highest BCUT2D eigenvalue weighted by Gasteiger charge is 2.29. The first-order chi connectivity index (χ1) is 15.0. The average Bonchev–Trinajstić information content (AvgIpc) is 3.58. The van der Waals surface area contributed by atoms with Crippen LogP contribution < -0.4 is 25.6 Å². The molecule has 0 unspecified atom stereocenters. The lowest BCUT2D eigenvalue weighted by Crippen LogP contribution is -2.47. The molecule has 0 atom stereocenters. The molecule has 2 fully saturated rings. The summed E-state index contributed by atoms with van der Waals surface area (Å²) in [5.41, 5.74) is 1.92. The Bertz CT molecular complexity index is 1010. The number of rotatable bonds is 7. The highest BCUT2D eigenvalue weighted by Crippen LogP contribution is 2.31. The van der Waals surface area contributed by atoms with Gasteiger partial charge in [-0.1, -0.05) is 17.7 Å². The Morgan fingerprint density at radius 2 is 1.94 bits per heavy atom. The molecule has 0 aromatic heterocycles. The number of nitrogens with zero attached hydrogens (tertiary/aromatic N) is 1. The quantitative estimate of drug-likeness (QED) is 0.612. The second kappa shape index (κ2) is 9.26. The molecule has 4 rings (SSSR count). The Hall–Kier alpha value is -3.26. The summed E-state index contributed by atoms with van der Waals surface area (Å²) < 4.78 is 5.55. The second-order valence-electron chi connectivity index (χ2n) is 7.57. The van der Waals surface area contributed by atoms with Crippen molar-refractivity contribution in [3.8, 4) is 5.75 Å². The highest BCUT2D eigenvalue weighted by molar-refractivity contribution is 6.33. The van der Waals surface area contributed by atoms with E-state index in [0.29, 0.717) is 35.2 Å². The molecule has 2 aromatic rings. The van der Waals surface area contributed by atoms with Crippen LogP contribution in [0.25, 0.3) is 0 Å². The fourth-order valence-corrected chi connectivity index (χ4v) is 3.58. The number of anilines is 3. The summed E-state index contributed by atoms with van der Waals surface area (Å²) in [5.74, 6) is 0.225. The largest absolute Gasteiger partial charge is 0.484 e. The summed E-state index contributed by atoms with van der Waals surface area (Å²) in [6.45, 7) is 1.30. The molecule has 9 heteroatoms. The minimum atomic E-state index is -0.339. The molecule has 0 radical (unpaired) electrons. The summed E-state index contributed by atoms with van der Waals surface area (Å²) >= 11 is 6.36. The lowest BCUT2D eigenvalue weighted by molar-refractivity contribution is -0.120. The fraction of sp³-hybridized carbons (Fsp3) is 0.318. The normalized spacial score (nSPS) is 15.8. The second-order valence-corrected chi connectivity index (χ2v) is 7.97. The van der Waals surface area contributed by atoms with Crippen molar-refractivity contribution in [3.63, 3.8) is 0 Å². The van der Waals surface area contributed by atoms with Crippen LogP contribution >= 0.6 is 11.6 Å². The fourth-order valence-electron chi connectivity index (χ4n) is 3.28. The molecule has 1 heterocycles. The van der Waals surface area contributed by atoms with E-state index < -0.39 is 0 Å². The van der Waals surface area contributed by atoms with Crippen molar-refractivity contribution in [1.29, 1.82) is 0 Å². The number of hydrogen-bond donors (Lipinski definition) is 3. The summed E-state index contributed by atoms with van der Waals surface area (Å²) in [6, 6.07) is 12.1. The van der Waals surface area contributed by atoms with Crippen LogP contribution in [0.1, 0.15) is 12.8 Å². The van der Waals surface area contributed by atoms with Gasteiger partial charge in [0, 0.05) is 36.4 Å². The maximum absolute atomic E-state index is 12.3. The summed E-state index contributed by atoms with van der Waals surface area (Å²) in [5, 5.41) is 8.82. The third-order valence-corrected chi connectivity index (χ3v) is 5.33. The van der Waals surface area contributed by atoms with Crippen molar-refractivity contribution >= 4 is 46.4 Å². The van der Waals surface area contributed by atoms with Gasteiger partial charge in [0.15, 0.2) is 6.61 Å². The molecule has 1 saturated heterocycles. The van der Waals surface area contributed by atoms with Crippen LogP contribution in [-0.2, 0) is 14.4 Å². The first kappa shape index (κ1) is 21.0. The molecular formula is C22H23ClN4O4. The van der Waals surface area contributed by atoms with Gasteiger partial charge in [0.2, 0.25) is 11.8 Å². The van der Waals surface area contributed by atoms with Crippen molar-refractivity contribution in [1.82, 2.24) is 5.32 Å². The van der Waals surface area contributed by atoms with Crippen LogP contribution in [0.5, 0.6) is 5.75 Å². The summed E-state index contributed by atoms with van der Waals surface area (Å²) in [7, 11) is 0. The van der Waals surface area contributed by atoms with E-state index in [1.54, 1.807) is 42.5 Å². The predicted molar refractivity (Wildman–Crippen MR) is 119 cm³/mol. The third-order valence-electron chi connectivity index (χ3n) is 5.03. The van der Waals surface area contributed by atoms with Gasteiger partial charge in [-0.25, -0.2) is 0 Å². The van der Waals surface area contributed by atoms with Gasteiger partial charge < -0.3 is 25.6 Å². The number of benzene rings is 2. The number of piperazine rings is 1. The Kier molecular flexibility index (Phi) is 6.27. The molecule has 162 valence electrons. The molecule has 0 spiro atoms. The molecule has 8 nitrogen and oxygen atoms in total. The molecule has 2 aromatic carbocycles. The van der Waals surface area contributed by atoms with Crippen LogP contribution in [0, 0.1) is 5.92 Å². The number of hydrogen-bond acceptors (Lipinski definition) is 5. The van der Waals surface area contributed by atoms with Gasteiger partial charge in [-0.05, 0) is 43.2 Å². The number of amides is 3. The lowest BCUT2D eigenvalue weighted by atomic mass is 10.2. The first-order valence-electron chi connectivity index (χ1n) is 10.1. The molecular weight excluding hydrogens is 420 g/mol. The first-order valence-corrected chi connectivity index (χ1v) is 10.5. The third kappa shape index (κ3) is 5.67. The van der Waals surface area contributed by atoms with Crippen LogP contribution in [0.4, 0.5) is 17.1 Å². The van der Waals surface area contributed by atoms with Gasteiger partial charge in [0.05, 0.1) is 17.3 Å². The average molecular weight is 443 g/mol. The molecule has 0 bridgehead atoms. The van der Waals surface area contributed by atoms with E-state index in [0.717, 1.165) is 18.5 Å². The number of halogens is 1. The molecule has 1 saturated carbocycles. The van der Waals surface area contributed by atoms with Gasteiger partial charge in [-0.2, -0.15) is 0 Å². The zero-order valence-electron chi connectivity index (χ0n) is 16.8. The molecule has 31 heavy (non-hydrogen) atoms. The minimum absolute atomic E-state index is 0.0143. The Labute approximate surface area is 184 Å². The lowest BCUT2D eigenvalue weighted by Gasteiger charge is -2.29. The van der Waals surface area contributed by atoms with Crippen LogP contribution in [0.2, 0.25) is 5.02 Å². The smallest absolute Gasteiger partial charge is 0.262 e. The van der Waals surface area contributed by atoms with E-state index in [2.05, 4.69) is 16.0 Å². The van der Waals surface area contributed by atoms with Gasteiger partial charge in [0.25, 0.3) is 5.91 Å². The van der Waals surface area contributed by atoms with Crippen molar-refractivity contribution in [2.45, 2.75) is 12.8 Å². The van der Waals surface area contributed by atoms with Crippen LogP contribution in [0.3, 0.4) is 0 Å². The van der Waals surface area contributed by atoms with Crippen molar-refractivity contribution in [2.24, 2.45) is 5.92 Å². The number of carbonyl (C=O) groups is 3. The maximum Gasteiger partial charge on any atom is 0.262 e. The van der Waals surface area contributed by atoms with E-state index in [9.17, 15) is 14.4 Å². The maximum atomic E-state index is 12.3. The highest BCUT2D eigenvalue weighted by atomic mass is 35.5. The van der Waals surface area contributed by atoms with Gasteiger partial charge >= 0.3 is 0 Å². The van der Waals surface area contributed by atoms with Crippen molar-refractivity contribution in [2.75, 3.05) is 41.8 Å². The summed E-state index contributed by atoms with van der Waals surface area (Å²) in [6.07, 6.45) is 1.86. The number of nitrogens with one attached hydrogen (secondary N) is 3. The number of ether oxygens (including phenoxy) is 1. The van der Waals surface area contributed by atoms with Gasteiger partial charge in [-0.15, -0.1) is 0 Å². The molecule has 3 amide bonds. The molecule has 1 aliphatic heterocycles. The Morgan fingerprint density at radius 1 is 1.13 bits per heavy atom. The van der Waals surface area contributed by atoms with Gasteiger partial charge in [0.1, 0.15) is 5.75 Å². The van der Waals surface area contributed by atoms with E-state index >= 15 is 0 Å². The van der Waals surface area contributed by atoms with E-state index in [4.69, 9.17) is 16.3 Å².